The van der Waals surface area contributed by atoms with Crippen LogP contribution in [0.2, 0.25) is 0 Å². The highest BCUT2D eigenvalue weighted by Crippen LogP contribution is 2.65. The van der Waals surface area contributed by atoms with Crippen molar-refractivity contribution in [2.45, 2.75) is 65.6 Å². The van der Waals surface area contributed by atoms with Crippen molar-refractivity contribution in [3.05, 3.63) is 0 Å². The zero-order valence-electron chi connectivity index (χ0n) is 20.3. The number of hydrogen-bond donors (Lipinski definition) is 4. The molecular formula is C23H36N6O3S. The first-order valence-electron chi connectivity index (χ1n) is 11.6. The first-order chi connectivity index (χ1) is 15.3. The van der Waals surface area contributed by atoms with Crippen LogP contribution in [0.4, 0.5) is 0 Å². The molecule has 10 heteroatoms. The third kappa shape index (κ3) is 4.93. The van der Waals surface area contributed by atoms with Gasteiger partial charge >= 0.3 is 0 Å². The van der Waals surface area contributed by atoms with Crippen molar-refractivity contribution < 1.29 is 14.4 Å². The summed E-state index contributed by atoms with van der Waals surface area (Å²) >= 11 is 5.25. The van der Waals surface area contributed by atoms with E-state index in [0.717, 1.165) is 0 Å². The van der Waals surface area contributed by atoms with Crippen LogP contribution < -0.4 is 21.3 Å². The second-order valence-corrected chi connectivity index (χ2v) is 11.5. The van der Waals surface area contributed by atoms with Crippen LogP contribution in [0.15, 0.2) is 0 Å². The fourth-order valence-corrected chi connectivity index (χ4v) is 5.50. The van der Waals surface area contributed by atoms with Crippen LogP contribution in [0.25, 0.3) is 0 Å². The second kappa shape index (κ2) is 9.09. The smallest absolute Gasteiger partial charge is 0.246 e. The Kier molecular flexibility index (Phi) is 6.94. The van der Waals surface area contributed by atoms with Gasteiger partial charge in [0.1, 0.15) is 18.1 Å². The zero-order valence-corrected chi connectivity index (χ0v) is 21.1. The average molecular weight is 477 g/mol. The molecule has 3 fully saturated rings. The van der Waals surface area contributed by atoms with Crippen molar-refractivity contribution >= 4 is 35.1 Å². The Labute approximate surface area is 201 Å². The Hall–Kier alpha value is -2.41. The summed E-state index contributed by atoms with van der Waals surface area (Å²) in [5.41, 5.74) is -0.483. The molecule has 3 rings (SSSR count). The van der Waals surface area contributed by atoms with E-state index in [1.54, 1.807) is 11.9 Å². The number of carbonyl (C=O) groups is 3. The Balaban J connectivity index is 1.79. The minimum atomic E-state index is -0.780. The minimum absolute atomic E-state index is 0.0347. The summed E-state index contributed by atoms with van der Waals surface area (Å²) in [5, 5.41) is 21.5. The van der Waals surface area contributed by atoms with Crippen molar-refractivity contribution in [1.29, 1.82) is 5.26 Å². The first kappa shape index (κ1) is 25.2. The van der Waals surface area contributed by atoms with Gasteiger partial charge in [0.25, 0.3) is 0 Å². The molecule has 0 aromatic rings. The van der Waals surface area contributed by atoms with Crippen molar-refractivity contribution in [1.82, 2.24) is 26.2 Å². The van der Waals surface area contributed by atoms with Crippen LogP contribution in [0.1, 0.15) is 47.5 Å². The summed E-state index contributed by atoms with van der Waals surface area (Å²) in [7, 11) is 1.69. The first-order valence-corrected chi connectivity index (χ1v) is 12.0. The van der Waals surface area contributed by atoms with Gasteiger partial charge in [-0.1, -0.05) is 34.6 Å². The van der Waals surface area contributed by atoms with E-state index in [9.17, 15) is 19.6 Å². The highest BCUT2D eigenvalue weighted by Gasteiger charge is 2.69. The van der Waals surface area contributed by atoms with Crippen LogP contribution in [-0.2, 0) is 14.4 Å². The summed E-state index contributed by atoms with van der Waals surface area (Å²) in [4.78, 5) is 40.7. The van der Waals surface area contributed by atoms with Gasteiger partial charge in [-0.3, -0.25) is 14.4 Å². The molecule has 2 unspecified atom stereocenters. The molecular weight excluding hydrogens is 440 g/mol. The van der Waals surface area contributed by atoms with Crippen molar-refractivity contribution in [3.63, 3.8) is 0 Å². The number of nitrogens with one attached hydrogen (secondary N) is 4. The largest absolute Gasteiger partial charge is 0.366 e. The number of likely N-dealkylation sites (tertiary alicyclic amines) is 1. The van der Waals surface area contributed by atoms with Gasteiger partial charge < -0.3 is 26.2 Å². The van der Waals surface area contributed by atoms with Crippen molar-refractivity contribution in [2.75, 3.05) is 20.1 Å². The molecule has 0 spiro atoms. The second-order valence-electron chi connectivity index (χ2n) is 11.1. The summed E-state index contributed by atoms with van der Waals surface area (Å²) in [6, 6.07) is 0.0835. The van der Waals surface area contributed by atoms with E-state index in [1.165, 1.54) is 0 Å². The fraction of sp³-hybridized carbons (Fsp3) is 0.783. The summed E-state index contributed by atoms with van der Waals surface area (Å²) in [6.07, 6.45) is 0.928. The molecule has 3 amide bonds. The highest BCUT2D eigenvalue weighted by atomic mass is 32.1. The number of amides is 3. The number of piperidine rings is 1. The lowest BCUT2D eigenvalue weighted by molar-refractivity contribution is -0.143. The molecule has 6 atom stereocenters. The molecule has 0 aromatic heterocycles. The van der Waals surface area contributed by atoms with Crippen LogP contribution in [-0.4, -0.2) is 66.0 Å². The molecule has 9 nitrogen and oxygen atoms in total. The molecule has 3 aliphatic rings. The Morgan fingerprint density at radius 1 is 1.33 bits per heavy atom. The number of fused-ring (bicyclic) bond motifs is 1. The molecule has 182 valence electrons. The monoisotopic (exact) mass is 476 g/mol. The summed E-state index contributed by atoms with van der Waals surface area (Å²) < 4.78 is 0. The number of carbonyl (C=O) groups excluding carboxylic acids is 3. The van der Waals surface area contributed by atoms with E-state index in [0.29, 0.717) is 24.6 Å². The van der Waals surface area contributed by atoms with Gasteiger partial charge in [-0.25, -0.2) is 0 Å². The Morgan fingerprint density at radius 3 is 2.52 bits per heavy atom. The van der Waals surface area contributed by atoms with Gasteiger partial charge in [0.15, 0.2) is 5.11 Å². The van der Waals surface area contributed by atoms with Crippen LogP contribution in [0, 0.1) is 39.9 Å². The summed E-state index contributed by atoms with van der Waals surface area (Å²) in [5.74, 6) is -0.589. The Morgan fingerprint density at radius 2 is 2.00 bits per heavy atom. The molecule has 2 saturated heterocycles. The quantitative estimate of drug-likeness (QED) is 0.412. The minimum Gasteiger partial charge on any atom is -0.366 e. The van der Waals surface area contributed by atoms with E-state index in [1.807, 2.05) is 20.8 Å². The van der Waals surface area contributed by atoms with Gasteiger partial charge in [-0.05, 0) is 47.7 Å². The van der Waals surface area contributed by atoms with E-state index < -0.39 is 23.5 Å². The van der Waals surface area contributed by atoms with E-state index in [-0.39, 0.29) is 47.3 Å². The van der Waals surface area contributed by atoms with Crippen molar-refractivity contribution in [2.24, 2.45) is 28.6 Å². The van der Waals surface area contributed by atoms with Crippen LogP contribution >= 0.6 is 12.2 Å². The Bertz CT molecular complexity index is 876. The topological polar surface area (TPSA) is 126 Å². The zero-order chi connectivity index (χ0) is 24.7. The third-order valence-corrected chi connectivity index (χ3v) is 7.85. The molecule has 0 bridgehead atoms. The van der Waals surface area contributed by atoms with E-state index in [4.69, 9.17) is 12.2 Å². The molecule has 2 heterocycles. The van der Waals surface area contributed by atoms with Gasteiger partial charge in [0.05, 0.1) is 6.07 Å². The van der Waals surface area contributed by atoms with E-state index in [2.05, 4.69) is 41.2 Å². The maximum atomic E-state index is 13.7. The lowest BCUT2D eigenvalue weighted by atomic mass is 9.85. The maximum Gasteiger partial charge on any atom is 0.246 e. The molecule has 0 aromatic carbocycles. The third-order valence-electron chi connectivity index (χ3n) is 7.53. The van der Waals surface area contributed by atoms with Gasteiger partial charge in [-0.15, -0.1) is 0 Å². The fourth-order valence-electron chi connectivity index (χ4n) is 5.39. The van der Waals surface area contributed by atoms with Gasteiger partial charge in [0, 0.05) is 26.1 Å². The van der Waals surface area contributed by atoms with Gasteiger partial charge in [0.2, 0.25) is 17.7 Å². The summed E-state index contributed by atoms with van der Waals surface area (Å²) in [6.45, 7) is 11.2. The lowest BCUT2D eigenvalue weighted by Gasteiger charge is -2.38. The molecule has 0 radical (unpaired) electrons. The van der Waals surface area contributed by atoms with Gasteiger partial charge in [-0.2, -0.15) is 5.26 Å². The number of hydrogen-bond acceptors (Lipinski definition) is 5. The highest BCUT2D eigenvalue weighted by molar-refractivity contribution is 7.80. The van der Waals surface area contributed by atoms with Crippen LogP contribution in [0.5, 0.6) is 0 Å². The lowest BCUT2D eigenvalue weighted by Crippen LogP contribution is -2.60. The van der Waals surface area contributed by atoms with Crippen LogP contribution in [0.3, 0.4) is 0 Å². The SMILES string of the molecule is CNC(=S)NC(C(=O)N1C[C@H]2[C@@H]([C@H]1C(=O)N[C@H](C#N)CC1CCNC1=O)C2(C)C)C(C)(C)C. The van der Waals surface area contributed by atoms with E-state index >= 15 is 0 Å². The molecule has 33 heavy (non-hydrogen) atoms. The predicted octanol–water partition coefficient (Wildman–Crippen LogP) is 0.513. The normalized spacial score (nSPS) is 29.2. The molecule has 1 saturated carbocycles. The number of nitriles is 1. The van der Waals surface area contributed by atoms with Crippen molar-refractivity contribution in [3.8, 4) is 6.07 Å². The number of nitrogens with zero attached hydrogens (tertiary/aromatic N) is 2. The maximum absolute atomic E-state index is 13.7. The average Bonchev–Trinajstić information content (AvgIpc) is 3.11. The predicted molar refractivity (Wildman–Crippen MR) is 128 cm³/mol. The number of rotatable bonds is 6. The standard InChI is InChI=1S/C23H36N6O3S/c1-22(2,3)17(28-21(33)25-6)20(32)29-11-14-15(23(14,4)5)16(29)19(31)27-13(10-24)9-12-7-8-26-18(12)30/h12-17H,7-9,11H2,1-6H3,(H,26,30)(H,27,31)(H2,25,28,33)/t12?,13-,14-,15-,16-,17?/m0/s1. The molecule has 4 N–H and O–H groups in total. The molecule has 1 aliphatic carbocycles. The number of thiocarbonyl (C=S) groups is 1. The molecule has 2 aliphatic heterocycles.